The summed E-state index contributed by atoms with van der Waals surface area (Å²) in [7, 11) is 1.96. The molecule has 3 nitrogen and oxygen atoms in total. The minimum absolute atomic E-state index is 0.272. The summed E-state index contributed by atoms with van der Waals surface area (Å²) in [5, 5.41) is 9.48. The number of nitrogens with zero attached hydrogens (tertiary/aromatic N) is 2. The van der Waals surface area contributed by atoms with Gasteiger partial charge in [-0.15, -0.1) is 0 Å². The zero-order chi connectivity index (χ0) is 8.43. The van der Waals surface area contributed by atoms with E-state index in [1.807, 2.05) is 11.9 Å². The molecule has 1 aliphatic heterocycles. The molecule has 0 aromatic heterocycles. The molecule has 0 aromatic carbocycles. The van der Waals surface area contributed by atoms with Crippen LogP contribution in [0.2, 0.25) is 0 Å². The normalized spacial score (nSPS) is 29.7. The Kier molecular flexibility index (Phi) is 2.87. The molecule has 3 heteroatoms. The van der Waals surface area contributed by atoms with Crippen LogP contribution >= 0.6 is 0 Å². The van der Waals surface area contributed by atoms with Gasteiger partial charge in [-0.05, 0) is 20.9 Å². The standard InChI is InChI=1S/C8H18N2O/c1-7(2)10-5-4-9(3)8(11)6-10/h7-8,11H,4-6H2,1-3H3. The van der Waals surface area contributed by atoms with Crippen molar-refractivity contribution in [2.24, 2.45) is 0 Å². The maximum absolute atomic E-state index is 9.48. The molecule has 1 fully saturated rings. The highest BCUT2D eigenvalue weighted by Crippen LogP contribution is 2.07. The fourth-order valence-corrected chi connectivity index (χ4v) is 1.34. The zero-order valence-corrected chi connectivity index (χ0v) is 7.62. The number of aliphatic hydroxyl groups is 1. The Balaban J connectivity index is 2.40. The Bertz CT molecular complexity index is 127. The second-order valence-corrected chi connectivity index (χ2v) is 3.55. The largest absolute Gasteiger partial charge is 0.377 e. The molecule has 1 rings (SSSR count). The lowest BCUT2D eigenvalue weighted by molar-refractivity contribution is -0.0493. The van der Waals surface area contributed by atoms with Crippen LogP contribution in [0, 0.1) is 0 Å². The smallest absolute Gasteiger partial charge is 0.120 e. The molecule has 0 spiro atoms. The van der Waals surface area contributed by atoms with E-state index in [-0.39, 0.29) is 6.23 Å². The number of hydrogen-bond acceptors (Lipinski definition) is 3. The number of hydrogen-bond donors (Lipinski definition) is 1. The molecule has 66 valence electrons. The molecule has 1 aliphatic rings. The summed E-state index contributed by atoms with van der Waals surface area (Å²) in [4.78, 5) is 4.28. The van der Waals surface area contributed by atoms with Crippen LogP contribution in [0.15, 0.2) is 0 Å². The van der Waals surface area contributed by atoms with Crippen molar-refractivity contribution in [1.29, 1.82) is 0 Å². The molecule has 1 N–H and O–H groups in total. The summed E-state index contributed by atoms with van der Waals surface area (Å²) in [6, 6.07) is 0.554. The van der Waals surface area contributed by atoms with Gasteiger partial charge < -0.3 is 5.11 Å². The van der Waals surface area contributed by atoms with Gasteiger partial charge in [0, 0.05) is 25.7 Å². The average molecular weight is 158 g/mol. The van der Waals surface area contributed by atoms with Gasteiger partial charge >= 0.3 is 0 Å². The predicted molar refractivity (Wildman–Crippen MR) is 45.3 cm³/mol. The van der Waals surface area contributed by atoms with Crippen molar-refractivity contribution in [3.8, 4) is 0 Å². The Morgan fingerprint density at radius 1 is 1.36 bits per heavy atom. The topological polar surface area (TPSA) is 26.7 Å². The molecule has 1 atom stereocenters. The van der Waals surface area contributed by atoms with E-state index in [1.54, 1.807) is 0 Å². The van der Waals surface area contributed by atoms with Crippen molar-refractivity contribution in [1.82, 2.24) is 9.80 Å². The average Bonchev–Trinajstić information content (AvgIpc) is 1.94. The lowest BCUT2D eigenvalue weighted by atomic mass is 10.2. The molecular weight excluding hydrogens is 140 g/mol. The van der Waals surface area contributed by atoms with Crippen molar-refractivity contribution in [3.05, 3.63) is 0 Å². The maximum Gasteiger partial charge on any atom is 0.120 e. The second-order valence-electron chi connectivity index (χ2n) is 3.55. The van der Waals surface area contributed by atoms with Crippen LogP contribution in [0.5, 0.6) is 0 Å². The van der Waals surface area contributed by atoms with E-state index in [1.165, 1.54) is 0 Å². The molecule has 1 unspecified atom stereocenters. The summed E-state index contributed by atoms with van der Waals surface area (Å²) in [5.74, 6) is 0. The van der Waals surface area contributed by atoms with Crippen LogP contribution in [0.4, 0.5) is 0 Å². The van der Waals surface area contributed by atoms with E-state index >= 15 is 0 Å². The summed E-state index contributed by atoms with van der Waals surface area (Å²) < 4.78 is 0. The Morgan fingerprint density at radius 2 is 2.00 bits per heavy atom. The zero-order valence-electron chi connectivity index (χ0n) is 7.62. The summed E-state index contributed by atoms with van der Waals surface area (Å²) in [6.45, 7) is 7.16. The second kappa shape index (κ2) is 3.52. The van der Waals surface area contributed by atoms with Crippen molar-refractivity contribution in [3.63, 3.8) is 0 Å². The molecule has 11 heavy (non-hydrogen) atoms. The maximum atomic E-state index is 9.48. The van der Waals surface area contributed by atoms with Gasteiger partial charge in [-0.3, -0.25) is 9.80 Å². The molecule has 0 radical (unpaired) electrons. The van der Waals surface area contributed by atoms with Crippen LogP contribution in [0.1, 0.15) is 13.8 Å². The highest BCUT2D eigenvalue weighted by molar-refractivity contribution is 4.74. The van der Waals surface area contributed by atoms with Crippen LogP contribution < -0.4 is 0 Å². The minimum Gasteiger partial charge on any atom is -0.377 e. The predicted octanol–water partition coefficient (Wildman–Crippen LogP) is -0.0394. The van der Waals surface area contributed by atoms with Gasteiger partial charge in [0.05, 0.1) is 0 Å². The number of piperazine rings is 1. The van der Waals surface area contributed by atoms with Crippen LogP contribution in [0.25, 0.3) is 0 Å². The molecule has 0 saturated carbocycles. The van der Waals surface area contributed by atoms with E-state index in [0.29, 0.717) is 6.04 Å². The first-order valence-corrected chi connectivity index (χ1v) is 4.23. The molecular formula is C8H18N2O. The third-order valence-corrected chi connectivity index (χ3v) is 2.38. The fraction of sp³-hybridized carbons (Fsp3) is 1.00. The van der Waals surface area contributed by atoms with E-state index < -0.39 is 0 Å². The molecule has 0 amide bonds. The number of rotatable bonds is 1. The van der Waals surface area contributed by atoms with E-state index in [2.05, 4.69) is 18.7 Å². The van der Waals surface area contributed by atoms with Gasteiger partial charge in [0.25, 0.3) is 0 Å². The fourth-order valence-electron chi connectivity index (χ4n) is 1.34. The van der Waals surface area contributed by atoms with E-state index in [9.17, 15) is 5.11 Å². The Morgan fingerprint density at radius 3 is 2.45 bits per heavy atom. The van der Waals surface area contributed by atoms with Crippen LogP contribution in [0.3, 0.4) is 0 Å². The first-order valence-electron chi connectivity index (χ1n) is 4.23. The molecule has 0 aliphatic carbocycles. The van der Waals surface area contributed by atoms with Crippen molar-refractivity contribution in [2.75, 3.05) is 26.7 Å². The molecule has 1 saturated heterocycles. The number of aliphatic hydroxyl groups excluding tert-OH is 1. The van der Waals surface area contributed by atoms with Crippen LogP contribution in [-0.2, 0) is 0 Å². The highest BCUT2D eigenvalue weighted by Gasteiger charge is 2.23. The van der Waals surface area contributed by atoms with Gasteiger partial charge in [0.1, 0.15) is 6.23 Å². The van der Waals surface area contributed by atoms with Crippen LogP contribution in [-0.4, -0.2) is 53.9 Å². The van der Waals surface area contributed by atoms with E-state index in [4.69, 9.17) is 0 Å². The highest BCUT2D eigenvalue weighted by atomic mass is 16.3. The SMILES string of the molecule is CC(C)N1CCN(C)C(O)C1. The molecule has 1 heterocycles. The quantitative estimate of drug-likeness (QED) is 0.580. The summed E-state index contributed by atoms with van der Waals surface area (Å²) in [6.07, 6.45) is -0.272. The van der Waals surface area contributed by atoms with Gasteiger partial charge in [-0.1, -0.05) is 0 Å². The number of β-amino-alcohol motifs (C(OH)–C–C–N with tert-alkyl or cyclic N) is 1. The first-order chi connectivity index (χ1) is 5.11. The Hall–Kier alpha value is -0.120. The van der Waals surface area contributed by atoms with E-state index in [0.717, 1.165) is 19.6 Å². The minimum atomic E-state index is -0.272. The van der Waals surface area contributed by atoms with Crippen molar-refractivity contribution in [2.45, 2.75) is 26.1 Å². The van der Waals surface area contributed by atoms with Gasteiger partial charge in [-0.25, -0.2) is 0 Å². The van der Waals surface area contributed by atoms with Gasteiger partial charge in [0.2, 0.25) is 0 Å². The summed E-state index contributed by atoms with van der Waals surface area (Å²) >= 11 is 0. The number of likely N-dealkylation sites (N-methyl/N-ethyl adjacent to an activating group) is 1. The first kappa shape index (κ1) is 8.97. The monoisotopic (exact) mass is 158 g/mol. The van der Waals surface area contributed by atoms with Gasteiger partial charge in [-0.2, -0.15) is 0 Å². The van der Waals surface area contributed by atoms with Crippen molar-refractivity contribution < 1.29 is 5.11 Å². The summed E-state index contributed by atoms with van der Waals surface area (Å²) in [5.41, 5.74) is 0. The third kappa shape index (κ3) is 2.15. The lowest BCUT2D eigenvalue weighted by Gasteiger charge is -2.38. The molecule has 0 bridgehead atoms. The van der Waals surface area contributed by atoms with Crippen molar-refractivity contribution >= 4 is 0 Å². The molecule has 0 aromatic rings. The Labute approximate surface area is 68.6 Å². The lowest BCUT2D eigenvalue weighted by Crippen LogP contribution is -2.53. The third-order valence-electron chi connectivity index (χ3n) is 2.38. The van der Waals surface area contributed by atoms with Gasteiger partial charge in [0.15, 0.2) is 0 Å².